The minimum absolute atomic E-state index is 0. The summed E-state index contributed by atoms with van der Waals surface area (Å²) in [5, 5.41) is 2.36. The van der Waals surface area contributed by atoms with Gasteiger partial charge in [-0.05, 0) is 42.7 Å². The number of pyridine rings is 1. The lowest BCUT2D eigenvalue weighted by molar-refractivity contribution is -0.537. The number of ether oxygens (including phenoxy) is 1. The maximum atomic E-state index is 5.90. The quantitative estimate of drug-likeness (QED) is 0.290. The van der Waals surface area contributed by atoms with Gasteiger partial charge in [-0.2, -0.15) is 4.57 Å². The van der Waals surface area contributed by atoms with Gasteiger partial charge >= 0.3 is 0 Å². The molecular weight excluding hydrogens is 446 g/mol. The summed E-state index contributed by atoms with van der Waals surface area (Å²) >= 11 is 0. The van der Waals surface area contributed by atoms with Gasteiger partial charge in [0, 0.05) is 29.8 Å². The first-order chi connectivity index (χ1) is 14.7. The fourth-order valence-corrected chi connectivity index (χ4v) is 4.60. The summed E-state index contributed by atoms with van der Waals surface area (Å²) in [6.07, 6.45) is 0. The molecule has 0 atom stereocenters. The summed E-state index contributed by atoms with van der Waals surface area (Å²) in [5.41, 5.74) is 8.51. The fourth-order valence-electron chi connectivity index (χ4n) is 4.60. The molecule has 0 aliphatic carbocycles. The van der Waals surface area contributed by atoms with E-state index in [0.717, 1.165) is 22.3 Å². The Morgan fingerprint density at radius 2 is 1.23 bits per heavy atom. The number of hydrogen-bond acceptors (Lipinski definition) is 1. The molecular formula is C28H24BrNO. The van der Waals surface area contributed by atoms with Crippen LogP contribution in [0.4, 0.5) is 0 Å². The topological polar surface area (TPSA) is 13.1 Å². The predicted octanol–water partition coefficient (Wildman–Crippen LogP) is 3.57. The number of para-hydroxylation sites is 2. The summed E-state index contributed by atoms with van der Waals surface area (Å²) in [7, 11) is 1.76. The van der Waals surface area contributed by atoms with Crippen molar-refractivity contribution in [2.45, 2.75) is 13.8 Å². The molecule has 2 nitrogen and oxygen atoms in total. The van der Waals surface area contributed by atoms with Crippen molar-refractivity contribution in [2.24, 2.45) is 0 Å². The Labute approximate surface area is 193 Å². The SMILES string of the molecule is COc1cccc2c1c(-c1c(C)cccc1C)c1ccccc1[n+]2-c1ccccc1.[Br-]. The Bertz CT molecular complexity index is 1370. The standard InChI is InChI=1S/C28H24NO.BrH/c1-19-11-9-12-20(2)26(19)27-22-15-7-8-16-23(22)29(21-13-5-4-6-14-21)24-17-10-18-25(30-3)28(24)27;/h4-18H,1-3H3;1H/q+1;/p-1. The molecule has 5 aromatic rings. The van der Waals surface area contributed by atoms with Gasteiger partial charge in [0.1, 0.15) is 5.75 Å². The highest BCUT2D eigenvalue weighted by molar-refractivity contribution is 6.10. The third-order valence-electron chi connectivity index (χ3n) is 5.87. The van der Waals surface area contributed by atoms with Crippen molar-refractivity contribution in [3.8, 4) is 22.6 Å². The Kier molecular flexibility index (Phi) is 5.79. The van der Waals surface area contributed by atoms with Gasteiger partial charge < -0.3 is 21.7 Å². The number of benzene rings is 4. The average Bonchev–Trinajstić information content (AvgIpc) is 2.78. The van der Waals surface area contributed by atoms with Crippen molar-refractivity contribution in [2.75, 3.05) is 7.11 Å². The molecule has 0 unspecified atom stereocenters. The molecule has 0 aliphatic rings. The molecule has 154 valence electrons. The molecule has 1 heterocycles. The van der Waals surface area contributed by atoms with Gasteiger partial charge in [-0.15, -0.1) is 0 Å². The number of methoxy groups -OCH3 is 1. The molecule has 0 saturated carbocycles. The Morgan fingerprint density at radius 3 is 1.94 bits per heavy atom. The van der Waals surface area contributed by atoms with E-state index in [9.17, 15) is 0 Å². The zero-order valence-electron chi connectivity index (χ0n) is 17.9. The van der Waals surface area contributed by atoms with E-state index < -0.39 is 0 Å². The summed E-state index contributed by atoms with van der Waals surface area (Å²) in [6.45, 7) is 4.38. The van der Waals surface area contributed by atoms with Gasteiger partial charge in [-0.25, -0.2) is 0 Å². The molecule has 0 fully saturated rings. The van der Waals surface area contributed by atoms with E-state index in [1.165, 1.54) is 33.2 Å². The lowest BCUT2D eigenvalue weighted by Crippen LogP contribution is -3.00. The lowest BCUT2D eigenvalue weighted by Gasteiger charge is -2.17. The summed E-state index contributed by atoms with van der Waals surface area (Å²) in [5.74, 6) is 0.889. The van der Waals surface area contributed by atoms with Gasteiger partial charge in [-0.1, -0.05) is 54.6 Å². The van der Waals surface area contributed by atoms with Crippen molar-refractivity contribution < 1.29 is 26.3 Å². The number of aromatic nitrogens is 1. The van der Waals surface area contributed by atoms with Crippen molar-refractivity contribution in [3.63, 3.8) is 0 Å². The third kappa shape index (κ3) is 3.39. The number of hydrogen-bond donors (Lipinski definition) is 0. The first-order valence-corrected chi connectivity index (χ1v) is 10.3. The molecule has 0 amide bonds. The highest BCUT2D eigenvalue weighted by Crippen LogP contribution is 2.41. The van der Waals surface area contributed by atoms with Gasteiger partial charge in [0.05, 0.1) is 17.9 Å². The van der Waals surface area contributed by atoms with Crippen LogP contribution in [0.2, 0.25) is 0 Å². The molecule has 5 rings (SSSR count). The lowest BCUT2D eigenvalue weighted by atomic mass is 9.89. The van der Waals surface area contributed by atoms with Crippen molar-refractivity contribution in [3.05, 3.63) is 102 Å². The summed E-state index contributed by atoms with van der Waals surface area (Å²) < 4.78 is 8.23. The van der Waals surface area contributed by atoms with Crippen molar-refractivity contribution in [1.29, 1.82) is 0 Å². The van der Waals surface area contributed by atoms with Crippen LogP contribution in [0, 0.1) is 13.8 Å². The maximum Gasteiger partial charge on any atom is 0.223 e. The van der Waals surface area contributed by atoms with Crippen LogP contribution in [-0.4, -0.2) is 7.11 Å². The van der Waals surface area contributed by atoms with Gasteiger partial charge in [0.15, 0.2) is 0 Å². The number of fused-ring (bicyclic) bond motifs is 2. The molecule has 0 saturated heterocycles. The monoisotopic (exact) mass is 469 g/mol. The second-order valence-corrected chi connectivity index (χ2v) is 7.68. The van der Waals surface area contributed by atoms with Crippen molar-refractivity contribution >= 4 is 21.8 Å². The molecule has 0 bridgehead atoms. The van der Waals surface area contributed by atoms with Crippen LogP contribution < -0.4 is 26.3 Å². The summed E-state index contributed by atoms with van der Waals surface area (Å²) in [4.78, 5) is 0. The van der Waals surface area contributed by atoms with Gasteiger partial charge in [0.2, 0.25) is 16.7 Å². The molecule has 0 radical (unpaired) electrons. The molecule has 31 heavy (non-hydrogen) atoms. The van der Waals surface area contributed by atoms with Crippen molar-refractivity contribution in [1.82, 2.24) is 0 Å². The van der Waals surface area contributed by atoms with Crippen LogP contribution in [0.25, 0.3) is 38.6 Å². The molecule has 0 N–H and O–H groups in total. The van der Waals surface area contributed by atoms with Gasteiger partial charge in [-0.3, -0.25) is 0 Å². The van der Waals surface area contributed by atoms with Crippen LogP contribution in [0.3, 0.4) is 0 Å². The molecule has 4 aromatic carbocycles. The van der Waals surface area contributed by atoms with E-state index in [2.05, 4.69) is 109 Å². The number of rotatable bonds is 3. The predicted molar refractivity (Wildman–Crippen MR) is 124 cm³/mol. The highest BCUT2D eigenvalue weighted by Gasteiger charge is 2.26. The molecule has 1 aromatic heterocycles. The normalized spacial score (nSPS) is 10.8. The second kappa shape index (κ2) is 8.52. The number of halogens is 1. The number of nitrogens with zero attached hydrogens (tertiary/aromatic N) is 1. The van der Waals surface area contributed by atoms with Crippen LogP contribution in [0.1, 0.15) is 11.1 Å². The second-order valence-electron chi connectivity index (χ2n) is 7.68. The zero-order chi connectivity index (χ0) is 20.7. The average molecular weight is 470 g/mol. The smallest absolute Gasteiger partial charge is 0.223 e. The van der Waals surface area contributed by atoms with Gasteiger partial charge in [0.25, 0.3) is 0 Å². The minimum atomic E-state index is 0. The first kappa shape index (κ1) is 21.1. The van der Waals surface area contributed by atoms with Crippen LogP contribution in [0.15, 0.2) is 91.0 Å². The number of aryl methyl sites for hydroxylation is 2. The molecule has 0 spiro atoms. The molecule has 3 heteroatoms. The van der Waals surface area contributed by atoms with Crippen LogP contribution >= 0.6 is 0 Å². The third-order valence-corrected chi connectivity index (χ3v) is 5.87. The maximum absolute atomic E-state index is 5.90. The Balaban J connectivity index is 0.00000231. The molecule has 0 aliphatic heterocycles. The van der Waals surface area contributed by atoms with E-state index in [4.69, 9.17) is 4.74 Å². The van der Waals surface area contributed by atoms with E-state index in [1.807, 2.05) is 0 Å². The van der Waals surface area contributed by atoms with E-state index in [1.54, 1.807) is 7.11 Å². The van der Waals surface area contributed by atoms with E-state index in [-0.39, 0.29) is 17.0 Å². The first-order valence-electron chi connectivity index (χ1n) is 10.3. The van der Waals surface area contributed by atoms with Crippen LogP contribution in [0.5, 0.6) is 5.75 Å². The zero-order valence-corrected chi connectivity index (χ0v) is 19.5. The Hall–Kier alpha value is -3.17. The van der Waals surface area contributed by atoms with Crippen LogP contribution in [-0.2, 0) is 0 Å². The highest BCUT2D eigenvalue weighted by atomic mass is 79.9. The largest absolute Gasteiger partial charge is 1.00 e. The Morgan fingerprint density at radius 1 is 0.613 bits per heavy atom. The van der Waals surface area contributed by atoms with E-state index in [0.29, 0.717) is 0 Å². The fraction of sp³-hybridized carbons (Fsp3) is 0.107. The minimum Gasteiger partial charge on any atom is -1.00 e. The van der Waals surface area contributed by atoms with E-state index >= 15 is 0 Å². The summed E-state index contributed by atoms with van der Waals surface area (Å²) in [6, 6.07) is 32.0.